The Bertz CT molecular complexity index is 410. The molecule has 0 unspecified atom stereocenters. The van der Waals surface area contributed by atoms with Crippen molar-refractivity contribution in [3.05, 3.63) is 34.3 Å². The lowest BCUT2D eigenvalue weighted by molar-refractivity contribution is -0.121. The molecule has 0 saturated carbocycles. The van der Waals surface area contributed by atoms with Crippen molar-refractivity contribution >= 4 is 27.5 Å². The normalized spacial score (nSPS) is 11.7. The van der Waals surface area contributed by atoms with Crippen LogP contribution in [0.2, 0.25) is 0 Å². The Kier molecular flexibility index (Phi) is 5.35. The molecule has 1 amide bonds. The largest absolute Gasteiger partial charge is 0.273 e. The number of amides is 1. The molecule has 4 heteroatoms. The third kappa shape index (κ3) is 5.13. The van der Waals surface area contributed by atoms with Crippen LogP contribution in [0.1, 0.15) is 32.8 Å². The number of hydrogen-bond acceptors (Lipinski definition) is 2. The zero-order chi connectivity index (χ0) is 12.8. The van der Waals surface area contributed by atoms with Gasteiger partial charge in [0, 0.05) is 10.9 Å². The van der Waals surface area contributed by atoms with Crippen LogP contribution >= 0.6 is 15.9 Å². The van der Waals surface area contributed by atoms with Crippen LogP contribution in [0.25, 0.3) is 0 Å². The zero-order valence-corrected chi connectivity index (χ0v) is 11.9. The van der Waals surface area contributed by atoms with Gasteiger partial charge in [0.2, 0.25) is 5.91 Å². The Morgan fingerprint density at radius 1 is 1.35 bits per heavy atom. The quantitative estimate of drug-likeness (QED) is 0.672. The second-order valence-electron chi connectivity index (χ2n) is 4.34. The van der Waals surface area contributed by atoms with Gasteiger partial charge in [-0.15, -0.1) is 0 Å². The number of carbonyl (C=O) groups excluding carboxylic acids is 1. The molecule has 0 bridgehead atoms. The van der Waals surface area contributed by atoms with Crippen molar-refractivity contribution in [2.45, 2.75) is 27.2 Å². The molecule has 0 heterocycles. The maximum atomic E-state index is 11.4. The van der Waals surface area contributed by atoms with Gasteiger partial charge in [-0.05, 0) is 30.5 Å². The Morgan fingerprint density at radius 2 is 1.94 bits per heavy atom. The van der Waals surface area contributed by atoms with E-state index in [4.69, 9.17) is 0 Å². The molecule has 0 fully saturated rings. The summed E-state index contributed by atoms with van der Waals surface area (Å²) in [5, 5.41) is 4.08. The second kappa shape index (κ2) is 6.55. The highest BCUT2D eigenvalue weighted by atomic mass is 79.9. The van der Waals surface area contributed by atoms with Gasteiger partial charge >= 0.3 is 0 Å². The highest BCUT2D eigenvalue weighted by Gasteiger charge is 2.03. The molecule has 1 aromatic carbocycles. The first kappa shape index (κ1) is 13.9. The first-order chi connectivity index (χ1) is 7.99. The van der Waals surface area contributed by atoms with Gasteiger partial charge in [0.25, 0.3) is 0 Å². The summed E-state index contributed by atoms with van der Waals surface area (Å²) in [7, 11) is 0. The minimum atomic E-state index is -0.0449. The van der Waals surface area contributed by atoms with Gasteiger partial charge in [-0.25, -0.2) is 5.43 Å². The van der Waals surface area contributed by atoms with Crippen molar-refractivity contribution in [3.8, 4) is 0 Å². The molecule has 1 N–H and O–H groups in total. The number of nitrogens with zero attached hydrogens (tertiary/aromatic N) is 1. The average molecular weight is 297 g/mol. The summed E-state index contributed by atoms with van der Waals surface area (Å²) in [5.74, 6) is 0.301. The van der Waals surface area contributed by atoms with E-state index in [2.05, 4.69) is 26.5 Å². The van der Waals surface area contributed by atoms with Gasteiger partial charge in [0.1, 0.15) is 0 Å². The van der Waals surface area contributed by atoms with E-state index in [1.807, 2.05) is 45.0 Å². The lowest BCUT2D eigenvalue weighted by atomic mass is 10.1. The number of benzene rings is 1. The van der Waals surface area contributed by atoms with Crippen molar-refractivity contribution in [1.82, 2.24) is 5.43 Å². The van der Waals surface area contributed by atoms with Gasteiger partial charge in [-0.3, -0.25) is 4.79 Å². The van der Waals surface area contributed by atoms with Gasteiger partial charge in [0.15, 0.2) is 0 Å². The summed E-state index contributed by atoms with van der Waals surface area (Å²) < 4.78 is 1.03. The second-order valence-corrected chi connectivity index (χ2v) is 5.25. The molecule has 0 aliphatic heterocycles. The first-order valence-electron chi connectivity index (χ1n) is 5.58. The Morgan fingerprint density at radius 3 is 2.47 bits per heavy atom. The zero-order valence-electron chi connectivity index (χ0n) is 10.3. The molecular weight excluding hydrogens is 280 g/mol. The van der Waals surface area contributed by atoms with E-state index in [1.165, 1.54) is 0 Å². The van der Waals surface area contributed by atoms with Crippen molar-refractivity contribution in [2.75, 3.05) is 0 Å². The SMILES string of the molecule is C/C(=N\NC(=O)CC(C)C)c1ccc(Br)cc1. The van der Waals surface area contributed by atoms with Crippen molar-refractivity contribution in [2.24, 2.45) is 11.0 Å². The molecular formula is C13H17BrN2O. The van der Waals surface area contributed by atoms with Gasteiger partial charge in [0.05, 0.1) is 5.71 Å². The lowest BCUT2D eigenvalue weighted by Gasteiger charge is -2.04. The van der Waals surface area contributed by atoms with Crippen LogP contribution < -0.4 is 5.43 Å². The van der Waals surface area contributed by atoms with E-state index in [0.717, 1.165) is 15.7 Å². The van der Waals surface area contributed by atoms with Crippen LogP contribution in [-0.2, 0) is 4.79 Å². The molecule has 17 heavy (non-hydrogen) atoms. The van der Waals surface area contributed by atoms with Crippen LogP contribution in [-0.4, -0.2) is 11.6 Å². The molecule has 0 aromatic heterocycles. The third-order valence-electron chi connectivity index (χ3n) is 2.20. The number of rotatable bonds is 4. The standard InChI is InChI=1S/C13H17BrN2O/c1-9(2)8-13(17)16-15-10(3)11-4-6-12(14)7-5-11/h4-7,9H,8H2,1-3H3,(H,16,17)/b15-10+. The van der Waals surface area contributed by atoms with Crippen LogP contribution in [0.5, 0.6) is 0 Å². The van der Waals surface area contributed by atoms with Crippen molar-refractivity contribution < 1.29 is 4.79 Å². The number of carbonyl (C=O) groups is 1. The average Bonchev–Trinajstić information content (AvgIpc) is 2.26. The maximum Gasteiger partial charge on any atom is 0.240 e. The highest BCUT2D eigenvalue weighted by Crippen LogP contribution is 2.11. The molecule has 0 atom stereocenters. The van der Waals surface area contributed by atoms with Gasteiger partial charge < -0.3 is 0 Å². The summed E-state index contributed by atoms with van der Waals surface area (Å²) in [4.78, 5) is 11.4. The van der Waals surface area contributed by atoms with E-state index in [-0.39, 0.29) is 5.91 Å². The Hall–Kier alpha value is -1.16. The lowest BCUT2D eigenvalue weighted by Crippen LogP contribution is -2.20. The minimum absolute atomic E-state index is 0.0449. The third-order valence-corrected chi connectivity index (χ3v) is 2.73. The van der Waals surface area contributed by atoms with Crippen LogP contribution in [0.15, 0.2) is 33.8 Å². The molecule has 0 saturated heterocycles. The van der Waals surface area contributed by atoms with E-state index >= 15 is 0 Å². The van der Waals surface area contributed by atoms with Crippen molar-refractivity contribution in [1.29, 1.82) is 0 Å². The fourth-order valence-electron chi connectivity index (χ4n) is 1.32. The fourth-order valence-corrected chi connectivity index (χ4v) is 1.58. The van der Waals surface area contributed by atoms with Crippen LogP contribution in [0.4, 0.5) is 0 Å². The fraction of sp³-hybridized carbons (Fsp3) is 0.385. The summed E-state index contributed by atoms with van der Waals surface area (Å²) in [6.07, 6.45) is 0.497. The highest BCUT2D eigenvalue weighted by molar-refractivity contribution is 9.10. The molecule has 1 aromatic rings. The minimum Gasteiger partial charge on any atom is -0.273 e. The van der Waals surface area contributed by atoms with Gasteiger partial charge in [-0.2, -0.15) is 5.10 Å². The van der Waals surface area contributed by atoms with E-state index in [9.17, 15) is 4.79 Å². The topological polar surface area (TPSA) is 41.5 Å². The summed E-state index contributed by atoms with van der Waals surface area (Å²) in [6.45, 7) is 5.88. The predicted molar refractivity (Wildman–Crippen MR) is 74.0 cm³/mol. The molecule has 0 radical (unpaired) electrons. The van der Waals surface area contributed by atoms with E-state index in [1.54, 1.807) is 0 Å². The molecule has 3 nitrogen and oxygen atoms in total. The molecule has 0 aliphatic rings. The molecule has 1 rings (SSSR count). The predicted octanol–water partition coefficient (Wildman–Crippen LogP) is 3.34. The maximum absolute atomic E-state index is 11.4. The molecule has 0 spiro atoms. The number of halogens is 1. The summed E-state index contributed by atoms with van der Waals surface area (Å²) in [5.41, 5.74) is 4.36. The van der Waals surface area contributed by atoms with E-state index < -0.39 is 0 Å². The van der Waals surface area contributed by atoms with Crippen LogP contribution in [0.3, 0.4) is 0 Å². The van der Waals surface area contributed by atoms with Gasteiger partial charge in [-0.1, -0.05) is 41.9 Å². The number of hydrogen-bond donors (Lipinski definition) is 1. The molecule has 92 valence electrons. The molecule has 0 aliphatic carbocycles. The summed E-state index contributed by atoms with van der Waals surface area (Å²) in [6, 6.07) is 7.81. The Labute approximate surface area is 110 Å². The number of nitrogens with one attached hydrogen (secondary N) is 1. The summed E-state index contributed by atoms with van der Waals surface area (Å²) >= 11 is 3.37. The monoisotopic (exact) mass is 296 g/mol. The van der Waals surface area contributed by atoms with E-state index in [0.29, 0.717) is 12.3 Å². The first-order valence-corrected chi connectivity index (χ1v) is 6.37. The smallest absolute Gasteiger partial charge is 0.240 e. The van der Waals surface area contributed by atoms with Crippen LogP contribution in [0, 0.1) is 5.92 Å². The Balaban J connectivity index is 2.60. The van der Waals surface area contributed by atoms with Crippen molar-refractivity contribution in [3.63, 3.8) is 0 Å². The number of hydrazone groups is 1.